The van der Waals surface area contributed by atoms with Crippen LogP contribution in [0.4, 0.5) is 4.70 Å². The predicted molar refractivity (Wildman–Crippen MR) is 88.4 cm³/mol. The number of hydrogen-bond donors (Lipinski definition) is 1. The summed E-state index contributed by atoms with van der Waals surface area (Å²) in [4.78, 5) is 17.7. The summed E-state index contributed by atoms with van der Waals surface area (Å²) in [5, 5.41) is 17.5. The van der Waals surface area contributed by atoms with Crippen molar-refractivity contribution >= 4 is 29.2 Å². The van der Waals surface area contributed by atoms with Gasteiger partial charge in [0.15, 0.2) is 0 Å². The van der Waals surface area contributed by atoms with E-state index in [4.69, 9.17) is 33.6 Å². The summed E-state index contributed by atoms with van der Waals surface area (Å²) in [5.74, 6) is -0.867. The van der Waals surface area contributed by atoms with Crippen LogP contribution in [0.15, 0.2) is 36.7 Å². The number of carboxylic acids is 1. The first-order valence-electron chi connectivity index (χ1n) is 5.81. The number of halogens is 3. The van der Waals surface area contributed by atoms with Crippen LogP contribution in [0.3, 0.4) is 0 Å². The van der Waals surface area contributed by atoms with Gasteiger partial charge in [-0.3, -0.25) is 9.50 Å². The van der Waals surface area contributed by atoms with Gasteiger partial charge in [0, 0.05) is 12.4 Å². The Morgan fingerprint density at radius 3 is 1.91 bits per heavy atom. The predicted octanol–water partition coefficient (Wildman–Crippen LogP) is 3.95. The molecular formula is C15H16Cl2FN3O2. The molecule has 2 aromatic heterocycles. The van der Waals surface area contributed by atoms with Gasteiger partial charge in [-0.05, 0) is 23.3 Å². The van der Waals surface area contributed by atoms with E-state index in [2.05, 4.69) is 9.97 Å². The summed E-state index contributed by atoms with van der Waals surface area (Å²) < 4.78 is 0. The standard InChI is InChI=1S/C7H5ClN2.C7H6ClNO2.CH4.FH/c8-7-2-1-6(3-4-9)5-10-7;8-6-2-1-5(4-9-6)3-7(10)11;;/h1-2,5H,3H2;1-2,4H,3H2,(H,10,11);1H4;1H. The molecule has 0 aliphatic rings. The van der Waals surface area contributed by atoms with Gasteiger partial charge in [-0.2, -0.15) is 5.26 Å². The van der Waals surface area contributed by atoms with Crippen molar-refractivity contribution in [2.24, 2.45) is 0 Å². The van der Waals surface area contributed by atoms with E-state index in [-0.39, 0.29) is 18.6 Å². The van der Waals surface area contributed by atoms with Gasteiger partial charge in [0.1, 0.15) is 10.3 Å². The van der Waals surface area contributed by atoms with Crippen LogP contribution < -0.4 is 0 Å². The van der Waals surface area contributed by atoms with Crippen molar-refractivity contribution in [1.82, 2.24) is 9.97 Å². The van der Waals surface area contributed by atoms with Crippen molar-refractivity contribution in [3.05, 3.63) is 58.1 Å². The van der Waals surface area contributed by atoms with Crippen molar-refractivity contribution in [1.29, 1.82) is 5.26 Å². The number of carbonyl (C=O) groups is 1. The third kappa shape index (κ3) is 10.2. The number of pyridine rings is 2. The fraction of sp³-hybridized carbons (Fsp3) is 0.200. The molecule has 2 aromatic rings. The summed E-state index contributed by atoms with van der Waals surface area (Å²) in [5.41, 5.74) is 1.55. The van der Waals surface area contributed by atoms with Crippen LogP contribution in [0.5, 0.6) is 0 Å². The quantitative estimate of drug-likeness (QED) is 0.838. The Bertz CT molecular complexity index is 629. The van der Waals surface area contributed by atoms with Crippen LogP contribution in [0.2, 0.25) is 10.3 Å². The van der Waals surface area contributed by atoms with E-state index in [1.807, 2.05) is 6.07 Å². The van der Waals surface area contributed by atoms with Crippen LogP contribution >= 0.6 is 23.2 Å². The number of aromatic nitrogens is 2. The highest BCUT2D eigenvalue weighted by Crippen LogP contribution is 2.05. The Morgan fingerprint density at radius 2 is 1.57 bits per heavy atom. The second-order valence-corrected chi connectivity index (χ2v) is 4.66. The highest BCUT2D eigenvalue weighted by molar-refractivity contribution is 6.29. The zero-order chi connectivity index (χ0) is 15.7. The molecule has 0 aliphatic heterocycles. The topological polar surface area (TPSA) is 86.9 Å². The number of hydrogen-bond acceptors (Lipinski definition) is 4. The van der Waals surface area contributed by atoms with Crippen LogP contribution in [-0.2, 0) is 17.6 Å². The molecule has 1 N–H and O–H groups in total. The van der Waals surface area contributed by atoms with Gasteiger partial charge in [0.2, 0.25) is 0 Å². The molecule has 0 saturated heterocycles. The van der Waals surface area contributed by atoms with E-state index in [9.17, 15) is 4.79 Å². The first-order chi connectivity index (χ1) is 10.0. The maximum absolute atomic E-state index is 10.2. The van der Waals surface area contributed by atoms with E-state index < -0.39 is 5.97 Å². The van der Waals surface area contributed by atoms with Crippen LogP contribution in [0.25, 0.3) is 0 Å². The smallest absolute Gasteiger partial charge is 0.307 e. The molecule has 0 aromatic carbocycles. The molecular weight excluding hydrogens is 344 g/mol. The van der Waals surface area contributed by atoms with Crippen molar-refractivity contribution < 1.29 is 14.6 Å². The molecule has 0 saturated carbocycles. The first-order valence-corrected chi connectivity index (χ1v) is 6.56. The maximum Gasteiger partial charge on any atom is 0.307 e. The maximum atomic E-state index is 10.2. The minimum absolute atomic E-state index is 0. The largest absolute Gasteiger partial charge is 0.481 e. The lowest BCUT2D eigenvalue weighted by Gasteiger charge is -1.94. The van der Waals surface area contributed by atoms with Crippen molar-refractivity contribution in [3.8, 4) is 6.07 Å². The number of nitrogens with zero attached hydrogens (tertiary/aromatic N) is 3. The molecule has 2 rings (SSSR count). The van der Waals surface area contributed by atoms with Gasteiger partial charge in [-0.15, -0.1) is 0 Å². The lowest BCUT2D eigenvalue weighted by molar-refractivity contribution is -0.136. The van der Waals surface area contributed by atoms with Crippen LogP contribution in [0.1, 0.15) is 18.6 Å². The van der Waals surface area contributed by atoms with Gasteiger partial charge >= 0.3 is 5.97 Å². The van der Waals surface area contributed by atoms with E-state index in [1.54, 1.807) is 30.5 Å². The summed E-state index contributed by atoms with van der Waals surface area (Å²) in [6, 6.07) is 8.70. The highest BCUT2D eigenvalue weighted by atomic mass is 35.5. The SMILES string of the molecule is C.F.N#CCc1ccc(Cl)nc1.O=C(O)Cc1ccc(Cl)nc1. The average Bonchev–Trinajstić information content (AvgIpc) is 2.44. The average molecular weight is 360 g/mol. The minimum Gasteiger partial charge on any atom is -0.481 e. The normalized spacial score (nSPS) is 8.39. The zero-order valence-corrected chi connectivity index (χ0v) is 12.8. The molecule has 2 heterocycles. The number of aliphatic carboxylic acids is 1. The lowest BCUT2D eigenvalue weighted by atomic mass is 10.2. The van der Waals surface area contributed by atoms with Gasteiger partial charge in [0.25, 0.3) is 0 Å². The van der Waals surface area contributed by atoms with Crippen LogP contribution in [-0.4, -0.2) is 21.0 Å². The number of nitriles is 1. The van der Waals surface area contributed by atoms with Crippen molar-refractivity contribution in [2.75, 3.05) is 0 Å². The van der Waals surface area contributed by atoms with E-state index >= 15 is 0 Å². The molecule has 0 fully saturated rings. The summed E-state index contributed by atoms with van der Waals surface area (Å²) >= 11 is 11.0. The highest BCUT2D eigenvalue weighted by Gasteiger charge is 1.99. The molecule has 23 heavy (non-hydrogen) atoms. The third-order valence-corrected chi connectivity index (χ3v) is 2.66. The van der Waals surface area contributed by atoms with Crippen molar-refractivity contribution in [2.45, 2.75) is 20.3 Å². The summed E-state index contributed by atoms with van der Waals surface area (Å²) in [6.45, 7) is 0. The second-order valence-electron chi connectivity index (χ2n) is 3.88. The van der Waals surface area contributed by atoms with Crippen LogP contribution in [0, 0.1) is 11.3 Å². The fourth-order valence-electron chi connectivity index (χ4n) is 1.29. The molecule has 0 aliphatic carbocycles. The molecule has 0 radical (unpaired) electrons. The molecule has 0 spiro atoms. The minimum atomic E-state index is -0.867. The Morgan fingerprint density at radius 1 is 1.09 bits per heavy atom. The number of carboxylic acid groups (broad SMARTS) is 1. The van der Waals surface area contributed by atoms with Gasteiger partial charge in [-0.25, -0.2) is 9.97 Å². The monoisotopic (exact) mass is 359 g/mol. The molecule has 124 valence electrons. The molecule has 0 atom stereocenters. The Kier molecular flexibility index (Phi) is 12.4. The number of rotatable bonds is 3. The lowest BCUT2D eigenvalue weighted by Crippen LogP contribution is -1.99. The fourth-order valence-corrected chi connectivity index (χ4v) is 1.51. The Balaban J connectivity index is 0. The van der Waals surface area contributed by atoms with Gasteiger partial charge in [-0.1, -0.05) is 42.8 Å². The third-order valence-electron chi connectivity index (χ3n) is 2.22. The van der Waals surface area contributed by atoms with Gasteiger partial charge < -0.3 is 5.11 Å². The van der Waals surface area contributed by atoms with E-state index in [0.29, 0.717) is 22.3 Å². The van der Waals surface area contributed by atoms with E-state index in [0.717, 1.165) is 5.56 Å². The zero-order valence-electron chi connectivity index (χ0n) is 11.2. The second kappa shape index (κ2) is 12.3. The molecule has 0 unspecified atom stereocenters. The Labute approximate surface area is 143 Å². The van der Waals surface area contributed by atoms with Crippen molar-refractivity contribution in [3.63, 3.8) is 0 Å². The summed E-state index contributed by atoms with van der Waals surface area (Å²) in [6.07, 6.45) is 3.44. The first kappa shape index (κ1) is 23.0. The molecule has 0 bridgehead atoms. The summed E-state index contributed by atoms with van der Waals surface area (Å²) in [7, 11) is 0. The van der Waals surface area contributed by atoms with Gasteiger partial charge in [0.05, 0.1) is 18.9 Å². The van der Waals surface area contributed by atoms with E-state index in [1.165, 1.54) is 6.20 Å². The molecule has 5 nitrogen and oxygen atoms in total. The Hall–Kier alpha value is -2.23. The molecule has 0 amide bonds. The molecule has 8 heteroatoms.